The summed E-state index contributed by atoms with van der Waals surface area (Å²) in [6.45, 7) is 2.08. The van der Waals surface area contributed by atoms with Crippen LogP contribution >= 0.6 is 0 Å². The Morgan fingerprint density at radius 3 is 2.56 bits per heavy atom. The van der Waals surface area contributed by atoms with Gasteiger partial charge in [-0.1, -0.05) is 34.9 Å². The molecule has 0 unspecified atom stereocenters. The fourth-order valence-electron chi connectivity index (χ4n) is 4.18. The van der Waals surface area contributed by atoms with E-state index in [1.807, 2.05) is 18.2 Å². The van der Waals surface area contributed by atoms with Crippen molar-refractivity contribution < 1.29 is 18.0 Å². The third kappa shape index (κ3) is 5.49. The first-order chi connectivity index (χ1) is 16.2. The Morgan fingerprint density at radius 1 is 1.18 bits per heavy atom. The summed E-state index contributed by atoms with van der Waals surface area (Å²) in [6, 6.07) is 10.5. The SMILES string of the molecule is CC(=C1CCC(C(=O)Nc2nnnn2C)CC1)c1cccc(Cc2ccc(C(F)(F)F)cn2)c1. The topological polar surface area (TPSA) is 85.6 Å². The van der Waals surface area contributed by atoms with Crippen LogP contribution in [-0.2, 0) is 24.4 Å². The summed E-state index contributed by atoms with van der Waals surface area (Å²) in [5.41, 5.74) is 4.39. The van der Waals surface area contributed by atoms with Crippen LogP contribution < -0.4 is 5.32 Å². The Hall–Kier alpha value is -3.56. The number of anilines is 1. The number of hydrogen-bond acceptors (Lipinski definition) is 5. The van der Waals surface area contributed by atoms with E-state index in [1.165, 1.54) is 21.9 Å². The minimum atomic E-state index is -4.39. The van der Waals surface area contributed by atoms with E-state index in [1.54, 1.807) is 7.05 Å². The minimum absolute atomic E-state index is 0.0688. The molecule has 2 heterocycles. The first kappa shape index (κ1) is 23.6. The number of aryl methyl sites for hydroxylation is 1. The molecule has 0 bridgehead atoms. The largest absolute Gasteiger partial charge is 0.417 e. The van der Waals surface area contributed by atoms with E-state index in [2.05, 4.69) is 38.8 Å². The zero-order chi connectivity index (χ0) is 24.3. The molecule has 1 amide bonds. The highest BCUT2D eigenvalue weighted by Gasteiger charge is 2.30. The summed E-state index contributed by atoms with van der Waals surface area (Å²) < 4.78 is 39.7. The maximum Gasteiger partial charge on any atom is 0.417 e. The van der Waals surface area contributed by atoms with Crippen LogP contribution in [0.25, 0.3) is 5.57 Å². The molecule has 0 atom stereocenters. The molecule has 0 saturated heterocycles. The fraction of sp³-hybridized carbons (Fsp3) is 0.375. The number of hydrogen-bond donors (Lipinski definition) is 1. The molecule has 178 valence electrons. The number of alkyl halides is 3. The van der Waals surface area contributed by atoms with Crippen molar-refractivity contribution in [3.05, 3.63) is 70.6 Å². The molecule has 2 aromatic heterocycles. The van der Waals surface area contributed by atoms with E-state index < -0.39 is 11.7 Å². The fourth-order valence-corrected chi connectivity index (χ4v) is 4.18. The number of amides is 1. The molecule has 1 N–H and O–H groups in total. The van der Waals surface area contributed by atoms with Crippen molar-refractivity contribution in [1.29, 1.82) is 0 Å². The number of nitrogens with one attached hydrogen (secondary N) is 1. The lowest BCUT2D eigenvalue weighted by molar-refractivity contribution is -0.137. The zero-order valence-corrected chi connectivity index (χ0v) is 18.9. The van der Waals surface area contributed by atoms with Crippen molar-refractivity contribution in [3.63, 3.8) is 0 Å². The van der Waals surface area contributed by atoms with Crippen LogP contribution in [0, 0.1) is 5.92 Å². The second-order valence-corrected chi connectivity index (χ2v) is 8.53. The smallest absolute Gasteiger partial charge is 0.293 e. The van der Waals surface area contributed by atoms with E-state index in [4.69, 9.17) is 0 Å². The molecule has 0 spiro atoms. The normalized spacial score (nSPS) is 16.4. The van der Waals surface area contributed by atoms with Gasteiger partial charge in [-0.15, -0.1) is 0 Å². The zero-order valence-electron chi connectivity index (χ0n) is 18.9. The van der Waals surface area contributed by atoms with Crippen molar-refractivity contribution in [2.45, 2.75) is 45.2 Å². The van der Waals surface area contributed by atoms with E-state index in [-0.39, 0.29) is 11.8 Å². The maximum absolute atomic E-state index is 12.8. The maximum atomic E-state index is 12.8. The van der Waals surface area contributed by atoms with Gasteiger partial charge in [0.25, 0.3) is 0 Å². The van der Waals surface area contributed by atoms with Gasteiger partial charge in [-0.3, -0.25) is 15.1 Å². The number of rotatable bonds is 5. The van der Waals surface area contributed by atoms with E-state index in [0.717, 1.165) is 49.1 Å². The van der Waals surface area contributed by atoms with Gasteiger partial charge >= 0.3 is 6.18 Å². The van der Waals surface area contributed by atoms with Gasteiger partial charge in [0.15, 0.2) is 0 Å². The van der Waals surface area contributed by atoms with Crippen LogP contribution in [0.1, 0.15) is 55.0 Å². The van der Waals surface area contributed by atoms with Crippen molar-refractivity contribution in [1.82, 2.24) is 25.2 Å². The van der Waals surface area contributed by atoms with Gasteiger partial charge in [0.1, 0.15) is 0 Å². The first-order valence-corrected chi connectivity index (χ1v) is 11.0. The Morgan fingerprint density at radius 2 is 1.94 bits per heavy atom. The standard InChI is InChI=1S/C24H25F3N6O/c1-15(17-6-8-18(9-7-17)22(34)29-23-30-31-32-33(23)2)19-5-3-4-16(12-19)13-21-11-10-20(14-28-21)24(25,26)27/h3-5,10-12,14,18H,6-9,13H2,1-2H3,(H,29,30,32,34). The predicted octanol–water partition coefficient (Wildman–Crippen LogP) is 4.82. The predicted molar refractivity (Wildman–Crippen MR) is 120 cm³/mol. The van der Waals surface area contributed by atoms with Crippen LogP contribution in [0.2, 0.25) is 0 Å². The molecule has 0 radical (unpaired) electrons. The van der Waals surface area contributed by atoms with Crippen LogP contribution in [0.15, 0.2) is 48.2 Å². The summed E-state index contributed by atoms with van der Waals surface area (Å²) in [7, 11) is 1.67. The van der Waals surface area contributed by atoms with E-state index in [0.29, 0.717) is 18.1 Å². The molecule has 1 aromatic carbocycles. The summed E-state index contributed by atoms with van der Waals surface area (Å²) >= 11 is 0. The van der Waals surface area contributed by atoms with Gasteiger partial charge < -0.3 is 0 Å². The third-order valence-electron chi connectivity index (χ3n) is 6.24. The molecule has 1 aliphatic rings. The summed E-state index contributed by atoms with van der Waals surface area (Å²) in [6.07, 6.45) is 0.0892. The van der Waals surface area contributed by atoms with Gasteiger partial charge in [0, 0.05) is 31.3 Å². The van der Waals surface area contributed by atoms with Gasteiger partial charge in [-0.2, -0.15) is 13.2 Å². The number of tetrazole rings is 1. The average molecular weight is 470 g/mol. The van der Waals surface area contributed by atoms with Gasteiger partial charge in [-0.05, 0) is 71.9 Å². The van der Waals surface area contributed by atoms with Gasteiger partial charge in [0.05, 0.1) is 5.56 Å². The summed E-state index contributed by atoms with van der Waals surface area (Å²) in [5.74, 6) is 0.174. The quantitative estimate of drug-likeness (QED) is 0.578. The lowest BCUT2D eigenvalue weighted by Gasteiger charge is -2.24. The highest BCUT2D eigenvalue weighted by Crippen LogP contribution is 2.34. The molecule has 3 aromatic rings. The highest BCUT2D eigenvalue weighted by atomic mass is 19.4. The Balaban J connectivity index is 1.40. The van der Waals surface area contributed by atoms with Crippen molar-refractivity contribution in [2.24, 2.45) is 13.0 Å². The van der Waals surface area contributed by atoms with Crippen molar-refractivity contribution in [2.75, 3.05) is 5.32 Å². The molecule has 1 aliphatic carbocycles. The first-order valence-electron chi connectivity index (χ1n) is 11.0. The number of halogens is 3. The Kier molecular flexibility index (Phi) is 6.76. The molecular weight excluding hydrogens is 445 g/mol. The number of allylic oxidation sites excluding steroid dienone is 2. The van der Waals surface area contributed by atoms with Crippen molar-refractivity contribution in [3.8, 4) is 0 Å². The van der Waals surface area contributed by atoms with Gasteiger partial charge in [-0.25, -0.2) is 4.68 Å². The molecule has 7 nitrogen and oxygen atoms in total. The van der Waals surface area contributed by atoms with Crippen LogP contribution in [0.5, 0.6) is 0 Å². The Labute approximate surface area is 195 Å². The second kappa shape index (κ2) is 9.74. The molecule has 1 fully saturated rings. The third-order valence-corrected chi connectivity index (χ3v) is 6.24. The number of carbonyl (C=O) groups excluding carboxylic acids is 1. The molecule has 0 aliphatic heterocycles. The molecule has 1 saturated carbocycles. The lowest BCUT2D eigenvalue weighted by Crippen LogP contribution is -2.26. The Bertz CT molecular complexity index is 1190. The van der Waals surface area contributed by atoms with Crippen molar-refractivity contribution >= 4 is 17.4 Å². The average Bonchev–Trinajstić information content (AvgIpc) is 3.23. The number of nitrogens with zero attached hydrogens (tertiary/aromatic N) is 5. The van der Waals surface area contributed by atoms with Crippen LogP contribution in [0.4, 0.5) is 19.1 Å². The number of pyridine rings is 1. The number of carbonyl (C=O) groups is 1. The molecular formula is C24H25F3N6O. The second-order valence-electron chi connectivity index (χ2n) is 8.53. The minimum Gasteiger partial charge on any atom is -0.293 e. The summed E-state index contributed by atoms with van der Waals surface area (Å²) in [4.78, 5) is 16.5. The highest BCUT2D eigenvalue weighted by molar-refractivity contribution is 5.91. The number of aromatic nitrogens is 5. The van der Waals surface area contributed by atoms with Gasteiger partial charge in [0.2, 0.25) is 11.9 Å². The summed E-state index contributed by atoms with van der Waals surface area (Å²) in [5, 5.41) is 13.8. The van der Waals surface area contributed by atoms with Crippen LogP contribution in [0.3, 0.4) is 0 Å². The monoisotopic (exact) mass is 470 g/mol. The molecule has 34 heavy (non-hydrogen) atoms. The van der Waals surface area contributed by atoms with E-state index in [9.17, 15) is 18.0 Å². The molecule has 10 heteroatoms. The van der Waals surface area contributed by atoms with E-state index >= 15 is 0 Å². The molecule has 4 rings (SSSR count). The number of benzene rings is 1. The lowest BCUT2D eigenvalue weighted by atomic mass is 9.82. The van der Waals surface area contributed by atoms with Crippen LogP contribution in [-0.4, -0.2) is 31.1 Å².